The maximum atomic E-state index is 13.1. The Morgan fingerprint density at radius 2 is 1.54 bits per heavy atom. The van der Waals surface area contributed by atoms with E-state index in [1.54, 1.807) is 24.3 Å². The zero-order valence-electron chi connectivity index (χ0n) is 20.5. The van der Waals surface area contributed by atoms with E-state index in [0.29, 0.717) is 23.5 Å². The van der Waals surface area contributed by atoms with E-state index in [1.807, 2.05) is 6.92 Å². The molecular weight excluding hydrogens is 476 g/mol. The average Bonchev–Trinajstić information content (AvgIpc) is 3.59. The molecule has 3 amide bonds. The van der Waals surface area contributed by atoms with Gasteiger partial charge in [0.05, 0.1) is 35.3 Å². The number of amides is 3. The lowest BCUT2D eigenvalue weighted by Crippen LogP contribution is -2.32. The first-order valence-electron chi connectivity index (χ1n) is 12.6. The Labute approximate surface area is 214 Å². The summed E-state index contributed by atoms with van der Waals surface area (Å²) in [6, 6.07) is 12.4. The number of nitrogens with zero attached hydrogens (tertiary/aromatic N) is 1. The van der Waals surface area contributed by atoms with E-state index in [-0.39, 0.29) is 41.0 Å². The van der Waals surface area contributed by atoms with E-state index >= 15 is 0 Å². The Morgan fingerprint density at radius 3 is 2.19 bits per heavy atom. The summed E-state index contributed by atoms with van der Waals surface area (Å²) >= 11 is 0. The predicted molar refractivity (Wildman–Crippen MR) is 133 cm³/mol. The molecule has 2 aromatic rings. The van der Waals surface area contributed by atoms with Crippen LogP contribution in [0.4, 0.5) is 11.4 Å². The summed E-state index contributed by atoms with van der Waals surface area (Å²) in [7, 11) is 0. The molecule has 9 heteroatoms. The Hall–Kier alpha value is -4.01. The second-order valence-corrected chi connectivity index (χ2v) is 9.78. The zero-order chi connectivity index (χ0) is 26.1. The van der Waals surface area contributed by atoms with Gasteiger partial charge in [-0.2, -0.15) is 0 Å². The maximum absolute atomic E-state index is 13.1. The fourth-order valence-corrected chi connectivity index (χ4v) is 5.81. The minimum atomic E-state index is -0.745. The van der Waals surface area contributed by atoms with E-state index in [2.05, 4.69) is 5.32 Å². The largest absolute Gasteiger partial charge is 0.462 e. The highest BCUT2D eigenvalue weighted by Gasteiger charge is 2.61. The number of imide groups is 1. The lowest BCUT2D eigenvalue weighted by Gasteiger charge is -2.19. The molecule has 1 heterocycles. The Balaban J connectivity index is 1.17. The van der Waals surface area contributed by atoms with Crippen LogP contribution < -0.4 is 10.2 Å². The number of fused-ring (bicyclic) bond motifs is 5. The van der Waals surface area contributed by atoms with Crippen molar-refractivity contribution in [2.24, 2.45) is 23.7 Å². The predicted octanol–water partition coefficient (Wildman–Crippen LogP) is 3.58. The molecule has 0 radical (unpaired) electrons. The number of rotatable bonds is 8. The van der Waals surface area contributed by atoms with Gasteiger partial charge in [-0.05, 0) is 80.0 Å². The molecule has 192 valence electrons. The number of carbonyl (C=O) groups is 5. The van der Waals surface area contributed by atoms with Crippen molar-refractivity contribution in [1.82, 2.24) is 0 Å². The maximum Gasteiger partial charge on any atom is 0.338 e. The van der Waals surface area contributed by atoms with Gasteiger partial charge in [-0.15, -0.1) is 0 Å². The second kappa shape index (κ2) is 10.2. The lowest BCUT2D eigenvalue weighted by atomic mass is 9.81. The van der Waals surface area contributed by atoms with Gasteiger partial charge < -0.3 is 14.8 Å². The normalized spacial score (nSPS) is 23.6. The van der Waals surface area contributed by atoms with Crippen LogP contribution in [-0.2, 0) is 23.9 Å². The summed E-state index contributed by atoms with van der Waals surface area (Å²) in [6.07, 6.45) is 3.65. The summed E-state index contributed by atoms with van der Waals surface area (Å²) < 4.78 is 10.2. The van der Waals surface area contributed by atoms with E-state index < -0.39 is 24.5 Å². The molecule has 1 saturated heterocycles. The summed E-state index contributed by atoms with van der Waals surface area (Å²) in [5.41, 5.74) is 1.28. The zero-order valence-corrected chi connectivity index (χ0v) is 20.5. The molecule has 37 heavy (non-hydrogen) atoms. The fraction of sp³-hybridized carbons (Fsp3) is 0.393. The van der Waals surface area contributed by atoms with Gasteiger partial charge in [0.2, 0.25) is 11.8 Å². The topological polar surface area (TPSA) is 119 Å². The van der Waals surface area contributed by atoms with E-state index in [4.69, 9.17) is 9.47 Å². The van der Waals surface area contributed by atoms with Crippen molar-refractivity contribution in [3.05, 3.63) is 59.7 Å². The third kappa shape index (κ3) is 4.73. The Morgan fingerprint density at radius 1 is 0.892 bits per heavy atom. The quantitative estimate of drug-likeness (QED) is 0.431. The minimum absolute atomic E-state index is 0.140. The molecule has 2 aromatic carbocycles. The first-order valence-corrected chi connectivity index (χ1v) is 12.6. The highest BCUT2D eigenvalue weighted by atomic mass is 16.5. The van der Waals surface area contributed by atoms with E-state index in [9.17, 15) is 24.0 Å². The number of ether oxygens (including phenoxy) is 2. The van der Waals surface area contributed by atoms with Crippen molar-refractivity contribution in [1.29, 1.82) is 0 Å². The molecule has 0 unspecified atom stereocenters. The average molecular weight is 505 g/mol. The van der Waals surface area contributed by atoms with Gasteiger partial charge in [0, 0.05) is 5.69 Å². The number of nitrogens with one attached hydrogen (secondary N) is 1. The van der Waals surface area contributed by atoms with Gasteiger partial charge in [-0.25, -0.2) is 9.59 Å². The van der Waals surface area contributed by atoms with Crippen LogP contribution >= 0.6 is 0 Å². The van der Waals surface area contributed by atoms with Crippen molar-refractivity contribution in [2.75, 3.05) is 23.4 Å². The van der Waals surface area contributed by atoms with Crippen molar-refractivity contribution < 1.29 is 33.4 Å². The number of benzene rings is 2. The molecule has 1 aliphatic heterocycles. The Bertz CT molecular complexity index is 1230. The lowest BCUT2D eigenvalue weighted by molar-refractivity contribution is -0.123. The fourth-order valence-electron chi connectivity index (χ4n) is 5.81. The third-order valence-corrected chi connectivity index (χ3v) is 7.44. The van der Waals surface area contributed by atoms with Crippen molar-refractivity contribution in [3.63, 3.8) is 0 Å². The van der Waals surface area contributed by atoms with Gasteiger partial charge in [0.1, 0.15) is 0 Å². The van der Waals surface area contributed by atoms with Gasteiger partial charge in [-0.3, -0.25) is 19.3 Å². The first-order chi connectivity index (χ1) is 17.9. The summed E-state index contributed by atoms with van der Waals surface area (Å²) in [5, 5.41) is 2.60. The SMILES string of the molecule is CCCOC(=O)c1ccc(NC(=O)COC(=O)c2cccc(N3C(=O)[C@@H]4[C@H]5CC[C@@H](C5)[C@@H]4C3=O)c2)cc1. The van der Waals surface area contributed by atoms with Crippen LogP contribution in [0.5, 0.6) is 0 Å². The van der Waals surface area contributed by atoms with Crippen LogP contribution in [0.2, 0.25) is 0 Å². The monoisotopic (exact) mass is 504 g/mol. The second-order valence-electron chi connectivity index (χ2n) is 9.78. The van der Waals surface area contributed by atoms with Crippen LogP contribution in [0.25, 0.3) is 0 Å². The summed E-state index contributed by atoms with van der Waals surface area (Å²) in [5.74, 6) is -2.06. The number of hydrogen-bond donors (Lipinski definition) is 1. The van der Waals surface area contributed by atoms with Gasteiger partial charge in [0.15, 0.2) is 6.61 Å². The molecule has 3 fully saturated rings. The molecule has 0 spiro atoms. The number of esters is 2. The number of anilines is 2. The summed E-state index contributed by atoms with van der Waals surface area (Å²) in [6.45, 7) is 1.70. The molecule has 1 N–H and O–H groups in total. The molecule has 2 bridgehead atoms. The standard InChI is InChI=1S/C28H28N2O7/c1-2-12-36-27(34)16-8-10-20(11-9-16)29-22(31)15-37-28(35)19-4-3-5-21(14-19)30-25(32)23-17-6-7-18(13-17)24(23)26(30)33/h3-5,8-11,14,17-18,23-24H,2,6-7,12-13,15H2,1H3,(H,29,31)/t17-,18-,23-,24+/m0/s1. The van der Waals surface area contributed by atoms with E-state index in [0.717, 1.165) is 25.7 Å². The number of carbonyl (C=O) groups excluding carboxylic acids is 5. The molecule has 4 atom stereocenters. The smallest absolute Gasteiger partial charge is 0.338 e. The highest BCUT2D eigenvalue weighted by molar-refractivity contribution is 6.22. The minimum Gasteiger partial charge on any atom is -0.462 e. The van der Waals surface area contributed by atoms with Crippen LogP contribution in [0.1, 0.15) is 53.3 Å². The molecular formula is C28H28N2O7. The van der Waals surface area contributed by atoms with E-state index in [1.165, 1.54) is 29.2 Å². The van der Waals surface area contributed by atoms with Crippen molar-refractivity contribution in [2.45, 2.75) is 32.6 Å². The van der Waals surface area contributed by atoms with Crippen LogP contribution in [0.15, 0.2) is 48.5 Å². The molecule has 3 aliphatic rings. The summed E-state index contributed by atoms with van der Waals surface area (Å²) in [4.78, 5) is 64.1. The first kappa shape index (κ1) is 24.7. The van der Waals surface area contributed by atoms with Crippen LogP contribution in [0, 0.1) is 23.7 Å². The molecule has 0 aromatic heterocycles. The molecule has 9 nitrogen and oxygen atoms in total. The molecule has 2 saturated carbocycles. The van der Waals surface area contributed by atoms with Gasteiger partial charge >= 0.3 is 11.9 Å². The van der Waals surface area contributed by atoms with Crippen molar-refractivity contribution in [3.8, 4) is 0 Å². The van der Waals surface area contributed by atoms with Gasteiger partial charge in [0.25, 0.3) is 5.91 Å². The highest BCUT2D eigenvalue weighted by Crippen LogP contribution is 2.56. The van der Waals surface area contributed by atoms with Crippen molar-refractivity contribution >= 4 is 41.0 Å². The van der Waals surface area contributed by atoms with Gasteiger partial charge in [-0.1, -0.05) is 13.0 Å². The Kier molecular flexibility index (Phi) is 6.78. The number of hydrogen-bond acceptors (Lipinski definition) is 7. The molecule has 5 rings (SSSR count). The van der Waals surface area contributed by atoms with Crippen LogP contribution in [-0.4, -0.2) is 42.9 Å². The molecule has 2 aliphatic carbocycles. The van der Waals surface area contributed by atoms with Crippen LogP contribution in [0.3, 0.4) is 0 Å². The third-order valence-electron chi connectivity index (χ3n) is 7.44.